The van der Waals surface area contributed by atoms with Crippen molar-refractivity contribution in [2.24, 2.45) is 7.05 Å². The van der Waals surface area contributed by atoms with Crippen molar-refractivity contribution in [3.05, 3.63) is 24.0 Å². The molecule has 5 heteroatoms. The summed E-state index contributed by atoms with van der Waals surface area (Å²) in [6.07, 6.45) is 8.03. The van der Waals surface area contributed by atoms with Crippen LogP contribution in [0.5, 0.6) is 0 Å². The third kappa shape index (κ3) is 4.49. The first-order chi connectivity index (χ1) is 10.1. The van der Waals surface area contributed by atoms with E-state index in [1.165, 1.54) is 25.0 Å². The maximum Gasteiger partial charge on any atom is 0.315 e. The van der Waals surface area contributed by atoms with Crippen LogP contribution >= 0.6 is 0 Å². The molecule has 2 N–H and O–H groups in total. The number of carbonyl (C=O) groups is 1. The molecule has 1 aromatic rings. The van der Waals surface area contributed by atoms with Gasteiger partial charge >= 0.3 is 6.03 Å². The summed E-state index contributed by atoms with van der Waals surface area (Å²) >= 11 is 0. The Hall–Kier alpha value is -1.49. The summed E-state index contributed by atoms with van der Waals surface area (Å²) in [5.41, 5.74) is 1.21. The Morgan fingerprint density at radius 2 is 2.10 bits per heavy atom. The fourth-order valence-electron chi connectivity index (χ4n) is 3.04. The molecule has 21 heavy (non-hydrogen) atoms. The Bertz CT molecular complexity index is 449. The van der Waals surface area contributed by atoms with Gasteiger partial charge in [0.25, 0.3) is 0 Å². The fourth-order valence-corrected chi connectivity index (χ4v) is 3.04. The van der Waals surface area contributed by atoms with Gasteiger partial charge in [-0.2, -0.15) is 0 Å². The van der Waals surface area contributed by atoms with E-state index in [1.807, 2.05) is 33.4 Å². The lowest BCUT2D eigenvalue weighted by molar-refractivity contribution is 0.224. The number of aryl methyl sites for hydroxylation is 1. The van der Waals surface area contributed by atoms with E-state index < -0.39 is 0 Å². The predicted molar refractivity (Wildman–Crippen MR) is 85.2 cm³/mol. The number of rotatable bonds is 5. The molecule has 118 valence electrons. The number of urea groups is 1. The van der Waals surface area contributed by atoms with Gasteiger partial charge in [-0.25, -0.2) is 4.79 Å². The average Bonchev–Trinajstić information content (AvgIpc) is 2.86. The zero-order valence-corrected chi connectivity index (χ0v) is 13.4. The van der Waals surface area contributed by atoms with E-state index in [-0.39, 0.29) is 12.1 Å². The van der Waals surface area contributed by atoms with Crippen LogP contribution in [0.1, 0.15) is 43.8 Å². The Morgan fingerprint density at radius 1 is 1.38 bits per heavy atom. The standard InChI is InChI=1S/C16H28N4O/c1-19(2)15(14-10-7-11-20(14)3)12-17-16(21)18-13-8-5-4-6-9-13/h7,10-11,13,15H,4-6,8-9,12H2,1-3H3,(H2,17,18,21)/t15-/m0/s1. The quantitative estimate of drug-likeness (QED) is 0.874. The van der Waals surface area contributed by atoms with Crippen molar-refractivity contribution in [3.63, 3.8) is 0 Å². The maximum atomic E-state index is 12.0. The highest BCUT2D eigenvalue weighted by atomic mass is 16.2. The van der Waals surface area contributed by atoms with Crippen LogP contribution in [0.3, 0.4) is 0 Å². The van der Waals surface area contributed by atoms with Gasteiger partial charge in [-0.3, -0.25) is 4.90 Å². The Balaban J connectivity index is 1.84. The van der Waals surface area contributed by atoms with Crippen LogP contribution in [-0.2, 0) is 7.05 Å². The van der Waals surface area contributed by atoms with Gasteiger partial charge in [0.05, 0.1) is 6.04 Å². The highest BCUT2D eigenvalue weighted by Crippen LogP contribution is 2.18. The molecule has 0 saturated heterocycles. The third-order valence-corrected chi connectivity index (χ3v) is 4.35. The Labute approximate surface area is 127 Å². The van der Waals surface area contributed by atoms with Crippen molar-refractivity contribution in [1.82, 2.24) is 20.1 Å². The highest BCUT2D eigenvalue weighted by Gasteiger charge is 2.19. The van der Waals surface area contributed by atoms with Gasteiger partial charge in [0.1, 0.15) is 0 Å². The molecule has 1 aliphatic rings. The number of likely N-dealkylation sites (N-methyl/N-ethyl adjacent to an activating group) is 1. The summed E-state index contributed by atoms with van der Waals surface area (Å²) in [6, 6.07) is 4.64. The van der Waals surface area contributed by atoms with Crippen molar-refractivity contribution >= 4 is 6.03 Å². The molecule has 1 heterocycles. The summed E-state index contributed by atoms with van der Waals surface area (Å²) in [7, 11) is 6.12. The number of nitrogens with zero attached hydrogens (tertiary/aromatic N) is 2. The molecule has 0 aromatic carbocycles. The third-order valence-electron chi connectivity index (χ3n) is 4.35. The number of nitrogens with one attached hydrogen (secondary N) is 2. The minimum absolute atomic E-state index is 0.0389. The molecule has 1 saturated carbocycles. The molecule has 0 aliphatic heterocycles. The highest BCUT2D eigenvalue weighted by molar-refractivity contribution is 5.74. The Kier molecular flexibility index (Phi) is 5.67. The maximum absolute atomic E-state index is 12.0. The molecular weight excluding hydrogens is 264 g/mol. The van der Waals surface area contributed by atoms with Gasteiger partial charge in [0.2, 0.25) is 0 Å². The van der Waals surface area contributed by atoms with Crippen LogP contribution in [-0.4, -0.2) is 42.2 Å². The van der Waals surface area contributed by atoms with Crippen molar-refractivity contribution in [1.29, 1.82) is 0 Å². The van der Waals surface area contributed by atoms with E-state index in [2.05, 4.69) is 26.2 Å². The topological polar surface area (TPSA) is 49.3 Å². The van der Waals surface area contributed by atoms with Gasteiger partial charge in [-0.15, -0.1) is 0 Å². The monoisotopic (exact) mass is 292 g/mol. The van der Waals surface area contributed by atoms with E-state index in [0.717, 1.165) is 12.8 Å². The summed E-state index contributed by atoms with van der Waals surface area (Å²) < 4.78 is 2.10. The van der Waals surface area contributed by atoms with Crippen LogP contribution in [0.4, 0.5) is 4.79 Å². The first-order valence-electron chi connectivity index (χ1n) is 7.90. The zero-order chi connectivity index (χ0) is 15.2. The Morgan fingerprint density at radius 3 is 2.67 bits per heavy atom. The van der Waals surface area contributed by atoms with E-state index in [4.69, 9.17) is 0 Å². The van der Waals surface area contributed by atoms with Gasteiger partial charge in [0.15, 0.2) is 0 Å². The van der Waals surface area contributed by atoms with Crippen molar-refractivity contribution in [2.45, 2.75) is 44.2 Å². The van der Waals surface area contributed by atoms with E-state index in [9.17, 15) is 4.79 Å². The second-order valence-electron chi connectivity index (χ2n) is 6.21. The lowest BCUT2D eigenvalue weighted by Crippen LogP contribution is -2.45. The lowest BCUT2D eigenvalue weighted by atomic mass is 9.96. The molecule has 1 fully saturated rings. The normalized spacial score (nSPS) is 17.7. The molecule has 0 spiro atoms. The van der Waals surface area contributed by atoms with Gasteiger partial charge in [-0.05, 0) is 39.1 Å². The average molecular weight is 292 g/mol. The summed E-state index contributed by atoms with van der Waals surface area (Å²) in [5, 5.41) is 6.12. The SMILES string of the molecule is CN(C)[C@@H](CNC(=O)NC1CCCCC1)c1cccn1C. The molecule has 1 atom stereocenters. The molecule has 0 bridgehead atoms. The van der Waals surface area contributed by atoms with Crippen molar-refractivity contribution in [3.8, 4) is 0 Å². The van der Waals surface area contributed by atoms with Crippen molar-refractivity contribution in [2.75, 3.05) is 20.6 Å². The largest absolute Gasteiger partial charge is 0.353 e. The fraction of sp³-hybridized carbons (Fsp3) is 0.688. The van der Waals surface area contributed by atoms with E-state index in [0.29, 0.717) is 12.6 Å². The van der Waals surface area contributed by atoms with Crippen LogP contribution < -0.4 is 10.6 Å². The summed E-state index contributed by atoms with van der Waals surface area (Å²) in [4.78, 5) is 14.2. The second kappa shape index (κ2) is 7.50. The van der Waals surface area contributed by atoms with E-state index >= 15 is 0 Å². The van der Waals surface area contributed by atoms with Gasteiger partial charge in [-0.1, -0.05) is 19.3 Å². The van der Waals surface area contributed by atoms with Gasteiger partial charge in [0, 0.05) is 31.5 Å². The molecule has 5 nitrogen and oxygen atoms in total. The first kappa shape index (κ1) is 15.9. The predicted octanol–water partition coefficient (Wildman–Crippen LogP) is 2.26. The number of carbonyl (C=O) groups excluding carboxylic acids is 1. The minimum Gasteiger partial charge on any atom is -0.353 e. The van der Waals surface area contributed by atoms with E-state index in [1.54, 1.807) is 0 Å². The summed E-state index contributed by atoms with van der Waals surface area (Å²) in [6.45, 7) is 0.614. The van der Waals surface area contributed by atoms with Crippen LogP contribution in [0.25, 0.3) is 0 Å². The number of hydrogen-bond acceptors (Lipinski definition) is 2. The lowest BCUT2D eigenvalue weighted by Gasteiger charge is -2.27. The van der Waals surface area contributed by atoms with Crippen LogP contribution in [0.2, 0.25) is 0 Å². The second-order valence-corrected chi connectivity index (χ2v) is 6.21. The van der Waals surface area contributed by atoms with Crippen LogP contribution in [0, 0.1) is 0 Å². The number of aromatic nitrogens is 1. The first-order valence-corrected chi connectivity index (χ1v) is 7.90. The zero-order valence-electron chi connectivity index (χ0n) is 13.4. The number of amides is 2. The molecule has 1 aromatic heterocycles. The van der Waals surface area contributed by atoms with Crippen molar-refractivity contribution < 1.29 is 4.79 Å². The molecule has 2 rings (SSSR count). The smallest absolute Gasteiger partial charge is 0.315 e. The molecule has 2 amide bonds. The number of hydrogen-bond donors (Lipinski definition) is 2. The minimum atomic E-state index is -0.0389. The molecule has 1 aliphatic carbocycles. The summed E-state index contributed by atoms with van der Waals surface area (Å²) in [5.74, 6) is 0. The van der Waals surface area contributed by atoms with Crippen LogP contribution in [0.15, 0.2) is 18.3 Å². The van der Waals surface area contributed by atoms with Gasteiger partial charge < -0.3 is 15.2 Å². The molecule has 0 radical (unpaired) electrons. The molecular formula is C16H28N4O. The molecule has 0 unspecified atom stereocenters.